The molecule has 5 rings (SSSR count). The summed E-state index contributed by atoms with van der Waals surface area (Å²) in [6.07, 6.45) is 4.41. The van der Waals surface area contributed by atoms with Crippen molar-refractivity contribution in [1.29, 1.82) is 0 Å². The molecule has 1 aromatic heterocycles. The van der Waals surface area contributed by atoms with Crippen molar-refractivity contribution in [3.05, 3.63) is 58.7 Å². The van der Waals surface area contributed by atoms with Crippen molar-refractivity contribution in [3.8, 4) is 0 Å². The summed E-state index contributed by atoms with van der Waals surface area (Å²) in [7, 11) is -1.62. The number of hydrogen-bond donors (Lipinski definition) is 1. The molecule has 2 saturated heterocycles. The summed E-state index contributed by atoms with van der Waals surface area (Å²) in [4.78, 5) is 20.3. The van der Waals surface area contributed by atoms with Crippen molar-refractivity contribution in [1.82, 2.24) is 19.3 Å². The molecular formula is C29H38ClN5O3S. The van der Waals surface area contributed by atoms with Crippen LogP contribution in [0.1, 0.15) is 24.0 Å². The Morgan fingerprint density at radius 3 is 2.41 bits per heavy atom. The van der Waals surface area contributed by atoms with Crippen molar-refractivity contribution in [3.63, 3.8) is 0 Å². The third-order valence-electron chi connectivity index (χ3n) is 8.16. The van der Waals surface area contributed by atoms with E-state index in [1.54, 1.807) is 38.1 Å². The van der Waals surface area contributed by atoms with Crippen molar-refractivity contribution in [2.45, 2.75) is 38.1 Å². The van der Waals surface area contributed by atoms with E-state index in [-0.39, 0.29) is 17.3 Å². The normalized spacial score (nSPS) is 18.1. The molecule has 10 heteroatoms. The van der Waals surface area contributed by atoms with Crippen LogP contribution in [0.15, 0.2) is 47.5 Å². The van der Waals surface area contributed by atoms with Gasteiger partial charge in [-0.25, -0.2) is 8.42 Å². The fourth-order valence-electron chi connectivity index (χ4n) is 5.67. The van der Waals surface area contributed by atoms with E-state index < -0.39 is 10.0 Å². The number of likely N-dealkylation sites (tertiary alicyclic amines) is 1. The average molecular weight is 572 g/mol. The molecule has 0 aliphatic carbocycles. The third-order valence-corrected chi connectivity index (χ3v) is 10.1. The van der Waals surface area contributed by atoms with Crippen LogP contribution in [0.3, 0.4) is 0 Å². The van der Waals surface area contributed by atoms with Crippen molar-refractivity contribution < 1.29 is 13.2 Å². The lowest BCUT2D eigenvalue weighted by Gasteiger charge is -2.38. The van der Waals surface area contributed by atoms with Gasteiger partial charge in [0.25, 0.3) is 10.0 Å². The minimum atomic E-state index is -3.81. The maximum absolute atomic E-state index is 13.2. The highest BCUT2D eigenvalue weighted by Crippen LogP contribution is 2.27. The molecule has 2 fully saturated rings. The number of carbonyl (C=O) groups is 1. The fraction of sp³-hybridized carbons (Fsp3) is 0.483. The Labute approximate surface area is 236 Å². The van der Waals surface area contributed by atoms with Gasteiger partial charge in [-0.05, 0) is 99.6 Å². The van der Waals surface area contributed by atoms with Crippen LogP contribution in [0.4, 0.5) is 5.69 Å². The summed E-state index contributed by atoms with van der Waals surface area (Å²) < 4.78 is 30.9. The van der Waals surface area contributed by atoms with E-state index in [2.05, 4.69) is 21.6 Å². The molecule has 2 aliphatic heterocycles. The van der Waals surface area contributed by atoms with E-state index in [1.807, 2.05) is 27.8 Å². The van der Waals surface area contributed by atoms with Crippen LogP contribution in [0.5, 0.6) is 0 Å². The van der Waals surface area contributed by atoms with Gasteiger partial charge in [0.05, 0.1) is 16.1 Å². The molecule has 8 nitrogen and oxygen atoms in total. The van der Waals surface area contributed by atoms with Gasteiger partial charge in [0.15, 0.2) is 0 Å². The fourth-order valence-corrected chi connectivity index (χ4v) is 7.25. The van der Waals surface area contributed by atoms with Gasteiger partial charge in [0.1, 0.15) is 6.54 Å². The predicted molar refractivity (Wildman–Crippen MR) is 157 cm³/mol. The maximum atomic E-state index is 13.2. The molecule has 0 spiro atoms. The molecule has 2 aromatic carbocycles. The van der Waals surface area contributed by atoms with Crippen molar-refractivity contribution in [2.24, 2.45) is 5.92 Å². The van der Waals surface area contributed by atoms with Crippen molar-refractivity contribution in [2.75, 3.05) is 57.6 Å². The Morgan fingerprint density at radius 2 is 1.69 bits per heavy atom. The number of sulfonamides is 1. The van der Waals surface area contributed by atoms with Gasteiger partial charge in [-0.3, -0.25) is 14.4 Å². The number of anilines is 1. The molecule has 0 atom stereocenters. The molecule has 2 aliphatic rings. The summed E-state index contributed by atoms with van der Waals surface area (Å²) in [6, 6.07) is 10.6. The highest BCUT2D eigenvalue weighted by Gasteiger charge is 2.25. The Morgan fingerprint density at radius 1 is 0.974 bits per heavy atom. The Balaban J connectivity index is 1.22. The molecule has 0 saturated carbocycles. The number of fused-ring (bicyclic) bond motifs is 1. The molecule has 3 aromatic rings. The van der Waals surface area contributed by atoms with Gasteiger partial charge in [0.2, 0.25) is 5.91 Å². The lowest BCUT2D eigenvalue weighted by molar-refractivity contribution is -0.133. The number of hydrogen-bond acceptors (Lipinski definition) is 5. The minimum Gasteiger partial charge on any atom is -0.339 e. The van der Waals surface area contributed by atoms with Gasteiger partial charge in [-0.2, -0.15) is 0 Å². The number of piperidine rings is 1. The van der Waals surface area contributed by atoms with Gasteiger partial charge in [-0.15, -0.1) is 0 Å². The summed E-state index contributed by atoms with van der Waals surface area (Å²) in [5.74, 6) is 0.846. The number of piperazine rings is 1. The van der Waals surface area contributed by atoms with Crippen molar-refractivity contribution >= 4 is 44.1 Å². The third kappa shape index (κ3) is 6.43. The second-order valence-electron chi connectivity index (χ2n) is 11.1. The van der Waals surface area contributed by atoms with Crippen LogP contribution in [0.2, 0.25) is 5.02 Å². The largest absolute Gasteiger partial charge is 0.339 e. The number of rotatable bonds is 7. The SMILES string of the molecule is Cc1cc(S(=O)(=O)Nc2ccc3ccn(CC(=O)N4CCN(CC5CCN(C)CC5)CC4)c3c2)c(C)cc1Cl. The molecule has 1 amide bonds. The summed E-state index contributed by atoms with van der Waals surface area (Å²) in [6.45, 7) is 10.6. The molecule has 1 N–H and O–H groups in total. The van der Waals surface area contributed by atoms with Gasteiger partial charge >= 0.3 is 0 Å². The smallest absolute Gasteiger partial charge is 0.262 e. The first-order valence-corrected chi connectivity index (χ1v) is 15.5. The molecule has 0 radical (unpaired) electrons. The van der Waals surface area contributed by atoms with Gasteiger partial charge < -0.3 is 14.4 Å². The Bertz CT molecular complexity index is 1460. The van der Waals surface area contributed by atoms with Crippen LogP contribution in [-0.4, -0.2) is 86.5 Å². The topological polar surface area (TPSA) is 77.9 Å². The second-order valence-corrected chi connectivity index (χ2v) is 13.2. The van der Waals surface area contributed by atoms with Crippen LogP contribution in [0.25, 0.3) is 10.9 Å². The van der Waals surface area contributed by atoms with E-state index >= 15 is 0 Å². The minimum absolute atomic E-state index is 0.0877. The summed E-state index contributed by atoms with van der Waals surface area (Å²) in [5.41, 5.74) is 2.55. The van der Waals surface area contributed by atoms with Crippen LogP contribution in [0, 0.1) is 19.8 Å². The van der Waals surface area contributed by atoms with E-state index in [4.69, 9.17) is 11.6 Å². The Hall–Kier alpha value is -2.59. The van der Waals surface area contributed by atoms with Crippen LogP contribution < -0.4 is 4.72 Å². The highest BCUT2D eigenvalue weighted by molar-refractivity contribution is 7.92. The number of aryl methyl sites for hydroxylation is 2. The zero-order chi connectivity index (χ0) is 27.7. The lowest BCUT2D eigenvalue weighted by Crippen LogP contribution is -2.51. The number of benzene rings is 2. The predicted octanol–water partition coefficient (Wildman–Crippen LogP) is 4.20. The molecule has 0 bridgehead atoms. The standard InChI is InChI=1S/C29H38ClN5O3S/c1-21-17-28(22(2)16-26(21)30)39(37,38)31-25-5-4-24-8-11-35(27(24)18-25)20-29(36)34-14-12-33(13-15-34)19-23-6-9-32(3)10-7-23/h4-5,8,11,16-18,23,31H,6-7,9-10,12-15,19-20H2,1-3H3. The first-order chi connectivity index (χ1) is 18.6. The van der Waals surface area contributed by atoms with Gasteiger partial charge in [0, 0.05) is 43.9 Å². The second kappa shape index (κ2) is 11.5. The lowest BCUT2D eigenvalue weighted by atomic mass is 9.96. The molecule has 39 heavy (non-hydrogen) atoms. The number of nitrogens with zero attached hydrogens (tertiary/aromatic N) is 4. The quantitative estimate of drug-likeness (QED) is 0.460. The summed E-state index contributed by atoms with van der Waals surface area (Å²) in [5, 5.41) is 1.49. The molecule has 210 valence electrons. The Kier molecular flexibility index (Phi) is 8.24. The number of aromatic nitrogens is 1. The summed E-state index contributed by atoms with van der Waals surface area (Å²) >= 11 is 6.16. The maximum Gasteiger partial charge on any atom is 0.262 e. The first-order valence-electron chi connectivity index (χ1n) is 13.7. The highest BCUT2D eigenvalue weighted by atomic mass is 35.5. The van der Waals surface area contributed by atoms with E-state index in [9.17, 15) is 13.2 Å². The zero-order valence-electron chi connectivity index (χ0n) is 23.0. The number of carbonyl (C=O) groups excluding carboxylic acids is 1. The molecule has 3 heterocycles. The average Bonchev–Trinajstić information content (AvgIpc) is 3.29. The number of nitrogens with one attached hydrogen (secondary N) is 1. The first kappa shape index (κ1) is 28.0. The zero-order valence-corrected chi connectivity index (χ0v) is 24.6. The van der Waals surface area contributed by atoms with E-state index in [0.29, 0.717) is 21.8 Å². The van der Waals surface area contributed by atoms with Crippen LogP contribution in [-0.2, 0) is 21.4 Å². The van der Waals surface area contributed by atoms with Crippen LogP contribution >= 0.6 is 11.6 Å². The van der Waals surface area contributed by atoms with E-state index in [1.165, 1.54) is 25.9 Å². The molecular weight excluding hydrogens is 534 g/mol. The number of halogens is 1. The van der Waals surface area contributed by atoms with Gasteiger partial charge in [-0.1, -0.05) is 17.7 Å². The van der Waals surface area contributed by atoms with E-state index in [0.717, 1.165) is 49.5 Å². The monoisotopic (exact) mass is 571 g/mol. The number of amides is 1. The molecule has 0 unspecified atom stereocenters.